The number of hydrogen-bond donors (Lipinski definition) is 1. The molecule has 0 amide bonds. The molecule has 0 radical (unpaired) electrons. The van der Waals surface area contributed by atoms with Gasteiger partial charge >= 0.3 is 5.97 Å². The van der Waals surface area contributed by atoms with Crippen LogP contribution in [0.25, 0.3) is 0 Å². The molecule has 4 heteroatoms. The Morgan fingerprint density at radius 2 is 2.31 bits per heavy atom. The summed E-state index contributed by atoms with van der Waals surface area (Å²) in [6, 6.07) is 0. The Balaban J connectivity index is 2.22. The first-order valence-corrected chi connectivity index (χ1v) is 5.81. The number of carbonyl (C=O) groups is 1. The molecule has 0 saturated carbocycles. The molecule has 0 atom stereocenters. The maximum atomic E-state index is 11.7. The topological polar surface area (TPSA) is 55.0 Å². The van der Waals surface area contributed by atoms with Crippen molar-refractivity contribution in [1.29, 1.82) is 0 Å². The molecule has 0 saturated heterocycles. The van der Waals surface area contributed by atoms with Gasteiger partial charge in [0, 0.05) is 16.7 Å². The Hall–Kier alpha value is -1.32. The van der Waals surface area contributed by atoms with Gasteiger partial charge in [-0.1, -0.05) is 20.8 Å². The van der Waals surface area contributed by atoms with Crippen LogP contribution in [0.1, 0.15) is 55.4 Å². The number of carbonyl (C=O) groups excluding carboxylic acids is 1. The maximum absolute atomic E-state index is 11.7. The normalized spacial score (nSPS) is 17.2. The summed E-state index contributed by atoms with van der Waals surface area (Å²) >= 11 is 0. The molecular weight excluding hydrogens is 204 g/mol. The summed E-state index contributed by atoms with van der Waals surface area (Å²) in [5.41, 5.74) is 2.72. The van der Waals surface area contributed by atoms with Gasteiger partial charge in [0.2, 0.25) is 0 Å². The molecule has 1 aromatic rings. The molecule has 1 aliphatic rings. The van der Waals surface area contributed by atoms with E-state index in [0.717, 1.165) is 30.5 Å². The molecule has 1 aromatic heterocycles. The van der Waals surface area contributed by atoms with Crippen LogP contribution in [0.3, 0.4) is 0 Å². The molecule has 1 N–H and O–H groups in total. The molecule has 1 aliphatic carbocycles. The van der Waals surface area contributed by atoms with Gasteiger partial charge in [-0.2, -0.15) is 5.10 Å². The molecule has 0 fully saturated rings. The number of fused-ring (bicyclic) bond motifs is 1. The van der Waals surface area contributed by atoms with E-state index in [9.17, 15) is 4.79 Å². The summed E-state index contributed by atoms with van der Waals surface area (Å²) in [7, 11) is 0. The number of esters is 1. The fraction of sp³-hybridized carbons (Fsp3) is 0.667. The number of H-pyrrole nitrogens is 1. The number of rotatable bonds is 3. The van der Waals surface area contributed by atoms with E-state index in [0.29, 0.717) is 12.3 Å². The second-order valence-corrected chi connectivity index (χ2v) is 4.95. The average molecular weight is 222 g/mol. The van der Waals surface area contributed by atoms with Crippen LogP contribution in [0.5, 0.6) is 0 Å². The van der Waals surface area contributed by atoms with E-state index in [1.165, 1.54) is 0 Å². The summed E-state index contributed by atoms with van der Waals surface area (Å²) in [5.74, 6) is -0.294. The average Bonchev–Trinajstić information content (AvgIpc) is 2.77. The quantitative estimate of drug-likeness (QED) is 0.798. The molecule has 1 heterocycles. The van der Waals surface area contributed by atoms with Gasteiger partial charge in [0.1, 0.15) is 0 Å². The molecule has 16 heavy (non-hydrogen) atoms. The van der Waals surface area contributed by atoms with Crippen molar-refractivity contribution in [2.45, 2.75) is 45.4 Å². The van der Waals surface area contributed by atoms with Gasteiger partial charge in [-0.05, 0) is 19.3 Å². The number of aromatic amines is 1. The Labute approximate surface area is 95.4 Å². The number of nitrogens with zero attached hydrogens (tertiary/aromatic N) is 1. The zero-order chi connectivity index (χ0) is 11.8. The van der Waals surface area contributed by atoms with E-state index in [1.54, 1.807) is 0 Å². The highest BCUT2D eigenvalue weighted by Crippen LogP contribution is 2.38. The molecule has 0 spiro atoms. The zero-order valence-electron chi connectivity index (χ0n) is 10.1. The number of nitrogens with one attached hydrogen (secondary N) is 1. The van der Waals surface area contributed by atoms with Gasteiger partial charge in [-0.3, -0.25) is 5.10 Å². The minimum atomic E-state index is -0.294. The molecule has 4 nitrogen and oxygen atoms in total. The molecule has 0 unspecified atom stereocenters. The van der Waals surface area contributed by atoms with E-state index in [1.807, 2.05) is 6.92 Å². The van der Waals surface area contributed by atoms with Gasteiger partial charge in [0.05, 0.1) is 6.61 Å². The van der Waals surface area contributed by atoms with Crippen LogP contribution in [-0.2, 0) is 16.6 Å². The lowest BCUT2D eigenvalue weighted by Gasteiger charge is -2.15. The van der Waals surface area contributed by atoms with Crippen molar-refractivity contribution in [1.82, 2.24) is 10.2 Å². The Kier molecular flexibility index (Phi) is 2.74. The first-order chi connectivity index (χ1) is 7.56. The van der Waals surface area contributed by atoms with Crippen molar-refractivity contribution in [2.24, 2.45) is 0 Å². The van der Waals surface area contributed by atoms with Crippen molar-refractivity contribution >= 4 is 5.97 Å². The first-order valence-electron chi connectivity index (χ1n) is 5.81. The summed E-state index contributed by atoms with van der Waals surface area (Å²) in [6.07, 6.45) is 2.81. The lowest BCUT2D eigenvalue weighted by atomic mass is 9.91. The fourth-order valence-electron chi connectivity index (χ4n) is 2.16. The highest BCUT2D eigenvalue weighted by molar-refractivity contribution is 5.89. The molecule has 0 aliphatic heterocycles. The van der Waals surface area contributed by atoms with Gasteiger partial charge in [-0.15, -0.1) is 0 Å². The van der Waals surface area contributed by atoms with Gasteiger partial charge in [0.25, 0.3) is 0 Å². The van der Waals surface area contributed by atoms with E-state index in [2.05, 4.69) is 24.0 Å². The smallest absolute Gasteiger partial charge is 0.359 e. The number of ether oxygens (including phenoxy) is 1. The van der Waals surface area contributed by atoms with Crippen molar-refractivity contribution in [2.75, 3.05) is 6.61 Å². The third-order valence-electron chi connectivity index (χ3n) is 3.17. The molecule has 88 valence electrons. The SMILES string of the molecule is CCCOC(=O)c1n[nH]c2c1CCC2(C)C. The molecule has 2 rings (SSSR count). The van der Waals surface area contributed by atoms with Crippen molar-refractivity contribution in [3.63, 3.8) is 0 Å². The zero-order valence-corrected chi connectivity index (χ0v) is 10.1. The van der Waals surface area contributed by atoms with E-state index < -0.39 is 0 Å². The number of aromatic nitrogens is 2. The van der Waals surface area contributed by atoms with Gasteiger partial charge in [0.15, 0.2) is 5.69 Å². The van der Waals surface area contributed by atoms with E-state index >= 15 is 0 Å². The second-order valence-electron chi connectivity index (χ2n) is 4.95. The predicted molar refractivity (Wildman–Crippen MR) is 60.5 cm³/mol. The highest BCUT2D eigenvalue weighted by atomic mass is 16.5. The first kappa shape index (κ1) is 11.2. The third kappa shape index (κ3) is 1.72. The van der Waals surface area contributed by atoms with E-state index in [4.69, 9.17) is 4.74 Å². The van der Waals surface area contributed by atoms with Crippen molar-refractivity contribution in [3.8, 4) is 0 Å². The van der Waals surface area contributed by atoms with Gasteiger partial charge in [-0.25, -0.2) is 4.79 Å². The van der Waals surface area contributed by atoms with Crippen LogP contribution >= 0.6 is 0 Å². The molecule has 0 aromatic carbocycles. The monoisotopic (exact) mass is 222 g/mol. The third-order valence-corrected chi connectivity index (χ3v) is 3.17. The van der Waals surface area contributed by atoms with Crippen LogP contribution in [-0.4, -0.2) is 22.8 Å². The van der Waals surface area contributed by atoms with Crippen molar-refractivity contribution < 1.29 is 9.53 Å². The second kappa shape index (κ2) is 3.92. The Morgan fingerprint density at radius 3 is 3.00 bits per heavy atom. The van der Waals surface area contributed by atoms with E-state index in [-0.39, 0.29) is 11.4 Å². The van der Waals surface area contributed by atoms with Gasteiger partial charge < -0.3 is 4.74 Å². The minimum absolute atomic E-state index is 0.103. The summed E-state index contributed by atoms with van der Waals surface area (Å²) in [6.45, 7) is 6.77. The lowest BCUT2D eigenvalue weighted by molar-refractivity contribution is 0.0497. The van der Waals surface area contributed by atoms with Crippen LogP contribution in [0.4, 0.5) is 0 Å². The predicted octanol–water partition coefficient (Wildman–Crippen LogP) is 2.20. The lowest BCUT2D eigenvalue weighted by Crippen LogP contribution is -2.12. The van der Waals surface area contributed by atoms with Crippen LogP contribution in [0.15, 0.2) is 0 Å². The standard InChI is InChI=1S/C12H18N2O2/c1-4-7-16-11(15)9-8-5-6-12(2,3)10(8)14-13-9/h4-7H2,1-3H3,(H,13,14). The van der Waals surface area contributed by atoms with Crippen molar-refractivity contribution in [3.05, 3.63) is 17.0 Å². The highest BCUT2D eigenvalue weighted by Gasteiger charge is 2.35. The Morgan fingerprint density at radius 1 is 1.56 bits per heavy atom. The number of hydrogen-bond acceptors (Lipinski definition) is 3. The summed E-state index contributed by atoms with van der Waals surface area (Å²) in [5, 5.41) is 7.07. The van der Waals surface area contributed by atoms with Crippen LogP contribution < -0.4 is 0 Å². The molecular formula is C12H18N2O2. The Bertz CT molecular complexity index is 407. The fourth-order valence-corrected chi connectivity index (χ4v) is 2.16. The largest absolute Gasteiger partial charge is 0.461 e. The van der Waals surface area contributed by atoms with Crippen LogP contribution in [0, 0.1) is 0 Å². The summed E-state index contributed by atoms with van der Waals surface area (Å²) < 4.78 is 5.11. The minimum Gasteiger partial charge on any atom is -0.461 e. The van der Waals surface area contributed by atoms with Crippen LogP contribution in [0.2, 0.25) is 0 Å². The maximum Gasteiger partial charge on any atom is 0.359 e. The summed E-state index contributed by atoms with van der Waals surface area (Å²) in [4.78, 5) is 11.7. The molecule has 0 bridgehead atoms.